The molecule has 1 aliphatic heterocycles. The molecule has 6 heteroatoms. The second kappa shape index (κ2) is 5.85. The van der Waals surface area contributed by atoms with Crippen LogP contribution in [0, 0.1) is 5.92 Å². The molecule has 4 rings (SSSR count). The summed E-state index contributed by atoms with van der Waals surface area (Å²) in [6.45, 7) is 0.973. The lowest BCUT2D eigenvalue weighted by atomic mass is 10.1. The van der Waals surface area contributed by atoms with Crippen molar-refractivity contribution in [3.63, 3.8) is 0 Å². The molecule has 0 bridgehead atoms. The third-order valence-corrected chi connectivity index (χ3v) is 4.77. The highest BCUT2D eigenvalue weighted by Crippen LogP contribution is 2.33. The van der Waals surface area contributed by atoms with Gasteiger partial charge in [0.2, 0.25) is 11.8 Å². The lowest BCUT2D eigenvalue weighted by molar-refractivity contribution is -0.135. The smallest absolute Gasteiger partial charge is 0.228 e. The van der Waals surface area contributed by atoms with Crippen LogP contribution in [0.15, 0.2) is 30.5 Å². The van der Waals surface area contributed by atoms with Gasteiger partial charge in [-0.15, -0.1) is 0 Å². The van der Waals surface area contributed by atoms with Gasteiger partial charge in [0, 0.05) is 26.1 Å². The number of likely N-dealkylation sites (tertiary alicyclic amines) is 1. The maximum absolute atomic E-state index is 12.6. The molecule has 0 spiro atoms. The number of aromatic nitrogens is 2. The quantitative estimate of drug-likeness (QED) is 0.857. The highest BCUT2D eigenvalue weighted by Gasteiger charge is 2.42. The predicted molar refractivity (Wildman–Crippen MR) is 88.9 cm³/mol. The Morgan fingerprint density at radius 3 is 2.79 bits per heavy atom. The summed E-state index contributed by atoms with van der Waals surface area (Å²) in [6.07, 6.45) is 4.20. The van der Waals surface area contributed by atoms with Crippen LogP contribution in [-0.4, -0.2) is 51.2 Å². The van der Waals surface area contributed by atoms with E-state index in [0.29, 0.717) is 25.6 Å². The summed E-state index contributed by atoms with van der Waals surface area (Å²) < 4.78 is 0. The lowest BCUT2D eigenvalue weighted by Crippen LogP contribution is -2.35. The molecule has 2 heterocycles. The second-order valence-electron chi connectivity index (χ2n) is 6.72. The van der Waals surface area contributed by atoms with Gasteiger partial charge in [0.1, 0.15) is 0 Å². The fourth-order valence-electron chi connectivity index (χ4n) is 3.34. The van der Waals surface area contributed by atoms with Gasteiger partial charge < -0.3 is 9.80 Å². The Morgan fingerprint density at radius 1 is 1.29 bits per heavy atom. The minimum Gasteiger partial charge on any atom is -0.339 e. The number of carbonyl (C=O) groups is 2. The molecule has 1 aromatic carbocycles. The Hall–Kier alpha value is -2.50. The average molecular weight is 324 g/mol. The van der Waals surface area contributed by atoms with Crippen LogP contribution in [0.5, 0.6) is 0 Å². The maximum Gasteiger partial charge on any atom is 0.228 e. The summed E-state index contributed by atoms with van der Waals surface area (Å²) in [4.78, 5) is 37.2. The van der Waals surface area contributed by atoms with Crippen LogP contribution < -0.4 is 0 Å². The van der Waals surface area contributed by atoms with Crippen LogP contribution in [0.2, 0.25) is 0 Å². The zero-order valence-corrected chi connectivity index (χ0v) is 13.7. The van der Waals surface area contributed by atoms with E-state index in [4.69, 9.17) is 0 Å². The van der Waals surface area contributed by atoms with Gasteiger partial charge in [-0.25, -0.2) is 4.98 Å². The molecule has 1 unspecified atom stereocenters. The van der Waals surface area contributed by atoms with Gasteiger partial charge in [0.05, 0.1) is 35.4 Å². The number of hydrogen-bond acceptors (Lipinski definition) is 4. The van der Waals surface area contributed by atoms with Gasteiger partial charge in [-0.3, -0.25) is 14.6 Å². The van der Waals surface area contributed by atoms with Gasteiger partial charge in [-0.1, -0.05) is 12.1 Å². The summed E-state index contributed by atoms with van der Waals surface area (Å²) >= 11 is 0. The normalized spacial score (nSPS) is 20.6. The molecule has 0 N–H and O–H groups in total. The van der Waals surface area contributed by atoms with Crippen LogP contribution in [0.1, 0.15) is 25.0 Å². The van der Waals surface area contributed by atoms with E-state index in [-0.39, 0.29) is 17.7 Å². The fourth-order valence-corrected chi connectivity index (χ4v) is 3.34. The topological polar surface area (TPSA) is 66.4 Å². The fraction of sp³-hybridized carbons (Fsp3) is 0.444. The molecule has 2 aliphatic rings. The van der Waals surface area contributed by atoms with Crippen molar-refractivity contribution in [3.8, 4) is 0 Å². The highest BCUT2D eigenvalue weighted by atomic mass is 16.2. The summed E-state index contributed by atoms with van der Waals surface area (Å²) in [5.41, 5.74) is 2.43. The summed E-state index contributed by atoms with van der Waals surface area (Å²) in [7, 11) is 1.77. The Bertz CT molecular complexity index is 802. The molecule has 124 valence electrons. The van der Waals surface area contributed by atoms with Gasteiger partial charge in [-0.05, 0) is 25.0 Å². The zero-order chi connectivity index (χ0) is 16.7. The monoisotopic (exact) mass is 324 g/mol. The van der Waals surface area contributed by atoms with E-state index in [9.17, 15) is 9.59 Å². The summed E-state index contributed by atoms with van der Waals surface area (Å²) in [5.74, 6) is -0.0901. The van der Waals surface area contributed by atoms with Crippen LogP contribution in [0.25, 0.3) is 11.0 Å². The zero-order valence-electron chi connectivity index (χ0n) is 13.7. The third kappa shape index (κ3) is 2.84. The van der Waals surface area contributed by atoms with E-state index in [0.717, 1.165) is 29.6 Å². The Labute approximate surface area is 140 Å². The van der Waals surface area contributed by atoms with E-state index >= 15 is 0 Å². The van der Waals surface area contributed by atoms with Crippen molar-refractivity contribution in [1.82, 2.24) is 19.8 Å². The number of carbonyl (C=O) groups excluding carboxylic acids is 2. The Balaban J connectivity index is 1.43. The molecule has 1 aliphatic carbocycles. The Kier molecular flexibility index (Phi) is 3.67. The standard InChI is InChI=1S/C18H20N4O2/c1-21(11-13-9-19-15-4-2-3-5-16(15)20-13)18(24)12-8-17(23)22(10-12)14-6-7-14/h2-5,9,12,14H,6-8,10-11H2,1H3. The van der Waals surface area contributed by atoms with Crippen molar-refractivity contribution in [2.75, 3.05) is 13.6 Å². The van der Waals surface area contributed by atoms with Crippen molar-refractivity contribution in [1.29, 1.82) is 0 Å². The molecule has 1 atom stereocenters. The predicted octanol–water partition coefficient (Wildman–Crippen LogP) is 1.60. The number of para-hydroxylation sites is 2. The van der Waals surface area contributed by atoms with Crippen LogP contribution in [0.3, 0.4) is 0 Å². The van der Waals surface area contributed by atoms with Gasteiger partial charge in [0.15, 0.2) is 0 Å². The highest BCUT2D eigenvalue weighted by molar-refractivity contribution is 5.89. The van der Waals surface area contributed by atoms with E-state index in [1.54, 1.807) is 18.1 Å². The van der Waals surface area contributed by atoms with E-state index in [2.05, 4.69) is 9.97 Å². The summed E-state index contributed by atoms with van der Waals surface area (Å²) in [5, 5.41) is 0. The minimum absolute atomic E-state index is 0.0152. The van der Waals surface area contributed by atoms with Crippen molar-refractivity contribution in [2.45, 2.75) is 31.8 Å². The van der Waals surface area contributed by atoms with Crippen LogP contribution in [-0.2, 0) is 16.1 Å². The molecule has 2 aromatic rings. The first-order valence-corrected chi connectivity index (χ1v) is 8.37. The van der Waals surface area contributed by atoms with E-state index in [1.807, 2.05) is 29.2 Å². The maximum atomic E-state index is 12.6. The molecule has 2 amide bonds. The van der Waals surface area contributed by atoms with Crippen molar-refractivity contribution >= 4 is 22.8 Å². The Morgan fingerprint density at radius 2 is 2.04 bits per heavy atom. The molecule has 1 aromatic heterocycles. The third-order valence-electron chi connectivity index (χ3n) is 4.77. The number of fused-ring (bicyclic) bond motifs is 1. The molecule has 0 radical (unpaired) electrons. The first-order valence-electron chi connectivity index (χ1n) is 8.37. The first kappa shape index (κ1) is 15.1. The molecular formula is C18H20N4O2. The van der Waals surface area contributed by atoms with Crippen molar-refractivity contribution in [3.05, 3.63) is 36.2 Å². The number of nitrogens with zero attached hydrogens (tertiary/aromatic N) is 4. The minimum atomic E-state index is -0.225. The van der Waals surface area contributed by atoms with Crippen molar-refractivity contribution in [2.24, 2.45) is 5.92 Å². The van der Waals surface area contributed by atoms with Gasteiger partial charge in [-0.2, -0.15) is 0 Å². The SMILES string of the molecule is CN(Cc1cnc2ccccc2n1)C(=O)C1CC(=O)N(C2CC2)C1. The molecule has 6 nitrogen and oxygen atoms in total. The average Bonchev–Trinajstić information content (AvgIpc) is 3.36. The van der Waals surface area contributed by atoms with E-state index in [1.165, 1.54) is 0 Å². The largest absolute Gasteiger partial charge is 0.339 e. The summed E-state index contributed by atoms with van der Waals surface area (Å²) in [6, 6.07) is 8.06. The van der Waals surface area contributed by atoms with E-state index < -0.39 is 0 Å². The number of amides is 2. The second-order valence-corrected chi connectivity index (χ2v) is 6.72. The van der Waals surface area contributed by atoms with Crippen LogP contribution in [0.4, 0.5) is 0 Å². The molecule has 1 saturated carbocycles. The molecule has 1 saturated heterocycles. The molecular weight excluding hydrogens is 304 g/mol. The number of benzene rings is 1. The van der Waals surface area contributed by atoms with Gasteiger partial charge in [0.25, 0.3) is 0 Å². The molecule has 2 fully saturated rings. The number of hydrogen-bond donors (Lipinski definition) is 0. The van der Waals surface area contributed by atoms with Crippen molar-refractivity contribution < 1.29 is 9.59 Å². The molecule has 24 heavy (non-hydrogen) atoms. The lowest BCUT2D eigenvalue weighted by Gasteiger charge is -2.21. The first-order chi connectivity index (χ1) is 11.6. The van der Waals surface area contributed by atoms with Crippen LogP contribution >= 0.6 is 0 Å². The number of rotatable bonds is 4. The van der Waals surface area contributed by atoms with Gasteiger partial charge >= 0.3 is 0 Å².